The molecule has 0 N–H and O–H groups in total. The largest absolute Gasteiger partial charge is 0.386 e. The summed E-state index contributed by atoms with van der Waals surface area (Å²) < 4.78 is 4.69. The smallest absolute Gasteiger partial charge is 0.343 e. The van der Waals surface area contributed by atoms with Crippen molar-refractivity contribution < 1.29 is 14.3 Å². The van der Waals surface area contributed by atoms with Gasteiger partial charge in [-0.2, -0.15) is 0 Å². The van der Waals surface area contributed by atoms with Gasteiger partial charge in [-0.05, 0) is 11.8 Å². The molecule has 1 saturated carbocycles. The van der Waals surface area contributed by atoms with Gasteiger partial charge < -0.3 is 4.74 Å². The molecule has 15 heavy (non-hydrogen) atoms. The summed E-state index contributed by atoms with van der Waals surface area (Å²) in [5.74, 6) is 0.139. The minimum atomic E-state index is -0.442. The molecule has 5 rings (SSSR count). The molecule has 0 saturated heterocycles. The van der Waals surface area contributed by atoms with Gasteiger partial charge in [0.2, 0.25) is 0 Å². The van der Waals surface area contributed by atoms with E-state index in [2.05, 4.69) is 12.2 Å². The highest BCUT2D eigenvalue weighted by atomic mass is 16.6. The maximum Gasteiger partial charge on any atom is 0.343 e. The minimum Gasteiger partial charge on any atom is -0.386 e. The Kier molecular flexibility index (Phi) is 1.08. The second-order valence-corrected chi connectivity index (χ2v) is 4.48. The molecule has 3 heteroatoms. The molecular formula is C12H8O3. The number of rotatable bonds is 0. The fourth-order valence-electron chi connectivity index (χ4n) is 3.04. The molecule has 4 aliphatic carbocycles. The van der Waals surface area contributed by atoms with Crippen LogP contribution in [-0.4, -0.2) is 11.9 Å². The molecule has 2 unspecified atom stereocenters. The highest BCUT2D eigenvalue weighted by Crippen LogP contribution is 2.59. The summed E-state index contributed by atoms with van der Waals surface area (Å²) in [6, 6.07) is 0. The van der Waals surface area contributed by atoms with Crippen molar-refractivity contribution in [2.45, 2.75) is 0 Å². The molecule has 1 heterocycles. The van der Waals surface area contributed by atoms with Gasteiger partial charge in [-0.15, -0.1) is 0 Å². The molecule has 0 spiro atoms. The lowest BCUT2D eigenvalue weighted by molar-refractivity contribution is -0.151. The third kappa shape index (κ3) is 0.739. The molecule has 1 aliphatic heterocycles. The molecule has 0 aromatic heterocycles. The van der Waals surface area contributed by atoms with Crippen molar-refractivity contribution in [3.63, 3.8) is 0 Å². The summed E-state index contributed by atoms with van der Waals surface area (Å²) in [5, 5.41) is 0. The summed E-state index contributed by atoms with van der Waals surface area (Å²) in [4.78, 5) is 23.1. The first-order valence-corrected chi connectivity index (χ1v) is 5.14. The fourth-order valence-corrected chi connectivity index (χ4v) is 3.04. The zero-order valence-corrected chi connectivity index (χ0v) is 7.84. The number of allylic oxidation sites excluding steroid dienone is 4. The Bertz CT molecular complexity index is 475. The maximum atomic E-state index is 11.6. The average Bonchev–Trinajstić information content (AvgIpc) is 2.89. The highest BCUT2D eigenvalue weighted by molar-refractivity contribution is 6.14. The first-order chi connectivity index (χ1) is 7.27. The Hall–Kier alpha value is -1.64. The van der Waals surface area contributed by atoms with E-state index >= 15 is 0 Å². The number of hydrogen-bond acceptors (Lipinski definition) is 3. The van der Waals surface area contributed by atoms with Crippen molar-refractivity contribution >= 4 is 11.9 Å². The van der Waals surface area contributed by atoms with Crippen LogP contribution in [-0.2, 0) is 14.3 Å². The molecule has 74 valence electrons. The molecular weight excluding hydrogens is 192 g/mol. The van der Waals surface area contributed by atoms with E-state index in [1.54, 1.807) is 0 Å². The minimum absolute atomic E-state index is 0.0426. The van der Waals surface area contributed by atoms with E-state index in [9.17, 15) is 9.59 Å². The second-order valence-electron chi connectivity index (χ2n) is 4.48. The standard InChI is InChI=1S/C12H8O3/c13-11-8-5-1-3-6-7(4-2-5)9(6)10(8)12(14)15-11/h1-7,9H. The topological polar surface area (TPSA) is 43.4 Å². The van der Waals surface area contributed by atoms with Crippen molar-refractivity contribution in [1.29, 1.82) is 0 Å². The Labute approximate surface area is 86.1 Å². The van der Waals surface area contributed by atoms with Gasteiger partial charge in [0.15, 0.2) is 0 Å². The monoisotopic (exact) mass is 200 g/mol. The van der Waals surface area contributed by atoms with Crippen LogP contribution in [0.2, 0.25) is 0 Å². The molecule has 0 amide bonds. The summed E-state index contributed by atoms with van der Waals surface area (Å²) in [5.41, 5.74) is 1.23. The zero-order chi connectivity index (χ0) is 10.2. The van der Waals surface area contributed by atoms with Gasteiger partial charge in [0, 0.05) is 11.8 Å². The van der Waals surface area contributed by atoms with Gasteiger partial charge in [0.25, 0.3) is 0 Å². The molecule has 0 aromatic rings. The molecule has 0 radical (unpaired) electrons. The second kappa shape index (κ2) is 2.13. The van der Waals surface area contributed by atoms with Crippen molar-refractivity contribution in [1.82, 2.24) is 0 Å². The van der Waals surface area contributed by atoms with Crippen LogP contribution in [0.5, 0.6) is 0 Å². The summed E-state index contributed by atoms with van der Waals surface area (Å²) in [6.45, 7) is 0. The van der Waals surface area contributed by atoms with Crippen molar-refractivity contribution in [3.8, 4) is 0 Å². The lowest BCUT2D eigenvalue weighted by Gasteiger charge is -2.04. The van der Waals surface area contributed by atoms with Gasteiger partial charge in [-0.3, -0.25) is 0 Å². The first-order valence-electron chi connectivity index (χ1n) is 5.14. The number of carbonyl (C=O) groups is 2. The number of carbonyl (C=O) groups excluding carboxylic acids is 2. The van der Waals surface area contributed by atoms with E-state index in [0.29, 0.717) is 23.0 Å². The Morgan fingerprint density at radius 3 is 2.13 bits per heavy atom. The van der Waals surface area contributed by atoms with Gasteiger partial charge >= 0.3 is 11.9 Å². The van der Waals surface area contributed by atoms with Gasteiger partial charge in [-0.25, -0.2) is 9.59 Å². The van der Waals surface area contributed by atoms with Crippen LogP contribution in [0, 0.1) is 23.7 Å². The number of ether oxygens (including phenoxy) is 1. The van der Waals surface area contributed by atoms with Gasteiger partial charge in [0.1, 0.15) is 0 Å². The maximum absolute atomic E-state index is 11.6. The number of hydrogen-bond donors (Lipinski definition) is 0. The van der Waals surface area contributed by atoms with E-state index in [0.717, 1.165) is 0 Å². The molecule has 0 aromatic carbocycles. The fraction of sp³-hybridized carbons (Fsp3) is 0.333. The van der Waals surface area contributed by atoms with Crippen molar-refractivity contribution in [2.75, 3.05) is 0 Å². The number of esters is 2. The lowest BCUT2D eigenvalue weighted by atomic mass is 9.96. The predicted octanol–water partition coefficient (Wildman–Crippen LogP) is 0.984. The van der Waals surface area contributed by atoms with Crippen LogP contribution in [0.25, 0.3) is 0 Å². The van der Waals surface area contributed by atoms with E-state index in [4.69, 9.17) is 4.74 Å². The Morgan fingerprint density at radius 1 is 0.867 bits per heavy atom. The summed E-state index contributed by atoms with van der Waals surface area (Å²) in [7, 11) is 0. The van der Waals surface area contributed by atoms with Crippen LogP contribution in [0.4, 0.5) is 0 Å². The zero-order valence-electron chi connectivity index (χ0n) is 7.84. The van der Waals surface area contributed by atoms with E-state index < -0.39 is 11.9 Å². The molecule has 4 bridgehead atoms. The molecule has 2 atom stereocenters. The van der Waals surface area contributed by atoms with Gasteiger partial charge in [0.05, 0.1) is 11.1 Å². The van der Waals surface area contributed by atoms with E-state index in [1.165, 1.54) is 0 Å². The average molecular weight is 200 g/mol. The van der Waals surface area contributed by atoms with Crippen molar-refractivity contribution in [2.24, 2.45) is 23.7 Å². The third-order valence-corrected chi connectivity index (χ3v) is 3.80. The summed E-state index contributed by atoms with van der Waals surface area (Å²) >= 11 is 0. The third-order valence-electron chi connectivity index (χ3n) is 3.80. The Morgan fingerprint density at radius 2 is 1.47 bits per heavy atom. The van der Waals surface area contributed by atoms with E-state index in [-0.39, 0.29) is 11.8 Å². The van der Waals surface area contributed by atoms with Crippen LogP contribution in [0.3, 0.4) is 0 Å². The first kappa shape index (κ1) is 7.63. The van der Waals surface area contributed by atoms with Crippen LogP contribution in [0.15, 0.2) is 35.5 Å². The summed E-state index contributed by atoms with van der Waals surface area (Å²) in [6.07, 6.45) is 8.31. The predicted molar refractivity (Wildman–Crippen MR) is 50.4 cm³/mol. The van der Waals surface area contributed by atoms with Crippen molar-refractivity contribution in [3.05, 3.63) is 35.5 Å². The van der Waals surface area contributed by atoms with Crippen LogP contribution < -0.4 is 0 Å². The lowest BCUT2D eigenvalue weighted by Crippen LogP contribution is -2.07. The van der Waals surface area contributed by atoms with Crippen LogP contribution >= 0.6 is 0 Å². The van der Waals surface area contributed by atoms with E-state index in [1.807, 2.05) is 12.2 Å². The molecule has 1 fully saturated rings. The molecule has 5 aliphatic rings. The quantitative estimate of drug-likeness (QED) is 0.332. The van der Waals surface area contributed by atoms with Crippen LogP contribution in [0.1, 0.15) is 0 Å². The SMILES string of the molecule is O=C1OC(=O)C2=C1C1C=CC3C(C=C1)C23. The normalized spacial score (nSPS) is 44.0. The highest BCUT2D eigenvalue weighted by Gasteiger charge is 2.58. The Balaban J connectivity index is 2.01. The van der Waals surface area contributed by atoms with Gasteiger partial charge in [-0.1, -0.05) is 24.3 Å². The number of cyclic esters (lactones) is 2. The molecule has 3 nitrogen and oxygen atoms in total.